The van der Waals surface area contributed by atoms with Gasteiger partial charge in [-0.05, 0) is 32.2 Å². The molecule has 2 rings (SSSR count). The molecule has 0 aromatic heterocycles. The number of aromatic carboxylic acids is 1. The van der Waals surface area contributed by atoms with Gasteiger partial charge >= 0.3 is 12.0 Å². The second kappa shape index (κ2) is 5.92. The van der Waals surface area contributed by atoms with Crippen molar-refractivity contribution in [1.29, 1.82) is 0 Å². The summed E-state index contributed by atoms with van der Waals surface area (Å²) in [5.41, 5.74) is 0.662. The van der Waals surface area contributed by atoms with Crippen LogP contribution in [0.25, 0.3) is 0 Å². The number of benzene rings is 1. The van der Waals surface area contributed by atoms with Gasteiger partial charge in [-0.1, -0.05) is 6.07 Å². The molecule has 108 valence electrons. The maximum atomic E-state index is 12.2. The Morgan fingerprint density at radius 2 is 2.10 bits per heavy atom. The van der Waals surface area contributed by atoms with Crippen molar-refractivity contribution in [2.24, 2.45) is 0 Å². The van der Waals surface area contributed by atoms with Gasteiger partial charge < -0.3 is 20.2 Å². The summed E-state index contributed by atoms with van der Waals surface area (Å²) in [7, 11) is 2.03. The van der Waals surface area contributed by atoms with Crippen LogP contribution in [0.3, 0.4) is 0 Å². The van der Waals surface area contributed by atoms with Crippen molar-refractivity contribution in [3.8, 4) is 0 Å². The van der Waals surface area contributed by atoms with Crippen LogP contribution in [0.5, 0.6) is 0 Å². The molecule has 1 fully saturated rings. The number of likely N-dealkylation sites (N-methyl/N-ethyl adjacent to an activating group) is 1. The van der Waals surface area contributed by atoms with Crippen molar-refractivity contribution in [3.05, 3.63) is 29.8 Å². The van der Waals surface area contributed by atoms with Crippen LogP contribution in [0.15, 0.2) is 24.3 Å². The third kappa shape index (κ3) is 3.27. The lowest BCUT2D eigenvalue weighted by molar-refractivity contribution is 0.0697. The lowest BCUT2D eigenvalue weighted by Gasteiger charge is -2.38. The van der Waals surface area contributed by atoms with Gasteiger partial charge in [0.05, 0.1) is 5.56 Å². The van der Waals surface area contributed by atoms with Gasteiger partial charge in [0.2, 0.25) is 0 Å². The Balaban J connectivity index is 2.04. The van der Waals surface area contributed by atoms with Crippen molar-refractivity contribution in [2.45, 2.75) is 13.0 Å². The van der Waals surface area contributed by atoms with Crippen molar-refractivity contribution in [2.75, 3.05) is 32.0 Å². The van der Waals surface area contributed by atoms with Gasteiger partial charge in [-0.2, -0.15) is 0 Å². The largest absolute Gasteiger partial charge is 0.478 e. The summed E-state index contributed by atoms with van der Waals surface area (Å²) < 4.78 is 0. The highest BCUT2D eigenvalue weighted by Crippen LogP contribution is 2.14. The first-order valence-electron chi connectivity index (χ1n) is 6.57. The molecule has 0 spiro atoms. The van der Waals surface area contributed by atoms with Crippen molar-refractivity contribution in [1.82, 2.24) is 9.80 Å². The molecule has 1 saturated heterocycles. The molecule has 2 N–H and O–H groups in total. The molecule has 1 aliphatic rings. The van der Waals surface area contributed by atoms with Gasteiger partial charge in [0.15, 0.2) is 0 Å². The first-order valence-corrected chi connectivity index (χ1v) is 6.57. The predicted octanol–water partition coefficient (Wildman–Crippen LogP) is 1.55. The first kappa shape index (κ1) is 14.3. The standard InChI is InChI=1S/C14H19N3O3/c1-10-9-16(2)6-7-17(10)14(20)15-12-5-3-4-11(8-12)13(18)19/h3-5,8,10H,6-7,9H2,1-2H3,(H,15,20)(H,18,19). The predicted molar refractivity (Wildman–Crippen MR) is 76.1 cm³/mol. The molecule has 1 atom stereocenters. The van der Waals surface area contributed by atoms with Crippen LogP contribution in [0.2, 0.25) is 0 Å². The number of nitrogens with zero attached hydrogens (tertiary/aromatic N) is 2. The SMILES string of the molecule is CC1CN(C)CCN1C(=O)Nc1cccc(C(=O)O)c1. The molecule has 20 heavy (non-hydrogen) atoms. The smallest absolute Gasteiger partial charge is 0.335 e. The molecule has 0 aliphatic carbocycles. The van der Waals surface area contributed by atoms with E-state index in [2.05, 4.69) is 10.2 Å². The molecule has 1 aromatic carbocycles. The van der Waals surface area contributed by atoms with E-state index in [-0.39, 0.29) is 17.6 Å². The average Bonchev–Trinajstić information content (AvgIpc) is 2.38. The van der Waals surface area contributed by atoms with Gasteiger partial charge in [0.25, 0.3) is 0 Å². The van der Waals surface area contributed by atoms with Crippen LogP contribution in [-0.2, 0) is 0 Å². The van der Waals surface area contributed by atoms with E-state index in [1.807, 2.05) is 14.0 Å². The Morgan fingerprint density at radius 1 is 1.35 bits per heavy atom. The number of anilines is 1. The number of carboxylic acid groups (broad SMARTS) is 1. The van der Waals surface area contributed by atoms with Gasteiger partial charge in [-0.15, -0.1) is 0 Å². The lowest BCUT2D eigenvalue weighted by Crippen LogP contribution is -2.53. The number of carboxylic acids is 1. The van der Waals surface area contributed by atoms with Crippen molar-refractivity contribution >= 4 is 17.7 Å². The monoisotopic (exact) mass is 277 g/mol. The Bertz CT molecular complexity index is 518. The van der Waals surface area contributed by atoms with Gasteiger partial charge in [0.1, 0.15) is 0 Å². The third-order valence-corrected chi connectivity index (χ3v) is 3.45. The minimum Gasteiger partial charge on any atom is -0.478 e. The quantitative estimate of drug-likeness (QED) is 0.860. The molecular formula is C14H19N3O3. The van der Waals surface area contributed by atoms with Crippen LogP contribution in [0.1, 0.15) is 17.3 Å². The fourth-order valence-electron chi connectivity index (χ4n) is 2.37. The van der Waals surface area contributed by atoms with Gasteiger partial charge in [-0.3, -0.25) is 0 Å². The molecule has 0 saturated carbocycles. The van der Waals surface area contributed by atoms with E-state index in [1.165, 1.54) is 12.1 Å². The summed E-state index contributed by atoms with van der Waals surface area (Å²) >= 11 is 0. The highest BCUT2D eigenvalue weighted by atomic mass is 16.4. The third-order valence-electron chi connectivity index (χ3n) is 3.45. The number of rotatable bonds is 2. The zero-order chi connectivity index (χ0) is 14.7. The van der Waals surface area contributed by atoms with Crippen molar-refractivity contribution in [3.63, 3.8) is 0 Å². The van der Waals surface area contributed by atoms with E-state index in [1.54, 1.807) is 17.0 Å². The second-order valence-corrected chi connectivity index (χ2v) is 5.12. The van der Waals surface area contributed by atoms with E-state index in [9.17, 15) is 9.59 Å². The Morgan fingerprint density at radius 3 is 2.75 bits per heavy atom. The number of urea groups is 1. The van der Waals surface area contributed by atoms with Crippen LogP contribution < -0.4 is 5.32 Å². The molecule has 6 nitrogen and oxygen atoms in total. The summed E-state index contributed by atoms with van der Waals surface area (Å²) in [6, 6.07) is 6.21. The second-order valence-electron chi connectivity index (χ2n) is 5.12. The maximum absolute atomic E-state index is 12.2. The summed E-state index contributed by atoms with van der Waals surface area (Å²) in [6.07, 6.45) is 0. The van der Waals surface area contributed by atoms with Gasteiger partial charge in [-0.25, -0.2) is 9.59 Å². The van der Waals surface area contributed by atoms with E-state index in [4.69, 9.17) is 5.11 Å². The number of amides is 2. The van der Waals surface area contributed by atoms with Gasteiger partial charge in [0, 0.05) is 31.4 Å². The minimum absolute atomic E-state index is 0.136. The number of carbonyl (C=O) groups is 2. The van der Waals surface area contributed by atoms with Crippen LogP contribution >= 0.6 is 0 Å². The first-order chi connectivity index (χ1) is 9.47. The number of nitrogens with one attached hydrogen (secondary N) is 1. The van der Waals surface area contributed by atoms with E-state index < -0.39 is 5.97 Å². The number of piperazine rings is 1. The molecule has 1 heterocycles. The highest BCUT2D eigenvalue weighted by Gasteiger charge is 2.25. The zero-order valence-corrected chi connectivity index (χ0v) is 11.7. The molecule has 6 heteroatoms. The molecule has 0 bridgehead atoms. The Kier molecular flexibility index (Phi) is 4.24. The summed E-state index contributed by atoms with van der Waals surface area (Å²) in [6.45, 7) is 4.35. The lowest BCUT2D eigenvalue weighted by atomic mass is 10.2. The normalized spacial score (nSPS) is 19.7. The molecule has 1 unspecified atom stereocenters. The minimum atomic E-state index is -1.01. The van der Waals surface area contributed by atoms with Crippen LogP contribution in [-0.4, -0.2) is 59.6 Å². The fraction of sp³-hybridized carbons (Fsp3) is 0.429. The van der Waals surface area contributed by atoms with Crippen LogP contribution in [0, 0.1) is 0 Å². The maximum Gasteiger partial charge on any atom is 0.335 e. The molecule has 0 radical (unpaired) electrons. The van der Waals surface area contributed by atoms with Crippen LogP contribution in [0.4, 0.5) is 10.5 Å². The number of hydrogen-bond donors (Lipinski definition) is 2. The summed E-state index contributed by atoms with van der Waals surface area (Å²) in [5, 5.41) is 11.7. The Labute approximate surface area is 118 Å². The van der Waals surface area contributed by atoms with E-state index >= 15 is 0 Å². The highest BCUT2D eigenvalue weighted by molar-refractivity contribution is 5.93. The van der Waals surface area contributed by atoms with E-state index in [0.717, 1.165) is 13.1 Å². The average molecular weight is 277 g/mol. The number of hydrogen-bond acceptors (Lipinski definition) is 3. The number of carbonyl (C=O) groups excluding carboxylic acids is 1. The summed E-state index contributed by atoms with van der Waals surface area (Å²) in [4.78, 5) is 27.1. The topological polar surface area (TPSA) is 72.9 Å². The molecule has 1 aromatic rings. The molecular weight excluding hydrogens is 258 g/mol. The Hall–Kier alpha value is -2.08. The van der Waals surface area contributed by atoms with E-state index in [0.29, 0.717) is 12.2 Å². The molecule has 2 amide bonds. The zero-order valence-electron chi connectivity index (χ0n) is 11.7. The fourth-order valence-corrected chi connectivity index (χ4v) is 2.37. The summed E-state index contributed by atoms with van der Waals surface area (Å²) in [5.74, 6) is -1.01. The molecule has 1 aliphatic heterocycles. The van der Waals surface area contributed by atoms with Crippen molar-refractivity contribution < 1.29 is 14.7 Å².